The van der Waals surface area contributed by atoms with Gasteiger partial charge in [0.05, 0.1) is 12.4 Å². The zero-order chi connectivity index (χ0) is 21.5. The summed E-state index contributed by atoms with van der Waals surface area (Å²) >= 11 is 0. The highest BCUT2D eigenvalue weighted by Gasteiger charge is 2.49. The fraction of sp³-hybridized carbons (Fsp3) is 0.500. The maximum absolute atomic E-state index is 11.2. The fourth-order valence-electron chi connectivity index (χ4n) is 3.87. The molecule has 0 unspecified atom stereocenters. The van der Waals surface area contributed by atoms with Gasteiger partial charge in [-0.05, 0) is 41.6 Å². The molecule has 6 heteroatoms. The second-order valence-electron chi connectivity index (χ2n) is 8.62. The molecule has 2 aromatic carbocycles. The minimum Gasteiger partial charge on any atom is -0.407 e. The molecule has 30 heavy (non-hydrogen) atoms. The lowest BCUT2D eigenvalue weighted by atomic mass is 10.2. The number of hydrogen-bond acceptors (Lipinski definition) is 4. The van der Waals surface area contributed by atoms with E-state index in [0.29, 0.717) is 13.0 Å². The lowest BCUT2D eigenvalue weighted by Crippen LogP contribution is -2.66. The molecular weight excluding hydrogens is 412 g/mol. The molecule has 0 aliphatic rings. The molecule has 0 bridgehead atoms. The molecule has 2 aromatic rings. The van der Waals surface area contributed by atoms with Crippen LogP contribution >= 0.6 is 0 Å². The lowest BCUT2D eigenvalue weighted by Gasteiger charge is -2.43. The van der Waals surface area contributed by atoms with E-state index in [1.807, 2.05) is 12.1 Å². The Labute approximate surface area is 184 Å². The predicted molar refractivity (Wildman–Crippen MR) is 130 cm³/mol. The van der Waals surface area contributed by atoms with Crippen LogP contribution in [0.25, 0.3) is 0 Å². The van der Waals surface area contributed by atoms with E-state index >= 15 is 0 Å². The third kappa shape index (κ3) is 7.05. The van der Waals surface area contributed by atoms with Crippen molar-refractivity contribution in [2.45, 2.75) is 65.5 Å². The summed E-state index contributed by atoms with van der Waals surface area (Å²) in [4.78, 5) is 0. The summed E-state index contributed by atoms with van der Waals surface area (Å²) < 4.78 is 34.3. The molecule has 1 atom stereocenters. The molecule has 2 rings (SSSR count). The van der Waals surface area contributed by atoms with Crippen LogP contribution in [-0.4, -0.2) is 35.7 Å². The van der Waals surface area contributed by atoms with Gasteiger partial charge < -0.3 is 4.43 Å². The van der Waals surface area contributed by atoms with Crippen LogP contribution in [0.1, 0.15) is 54.4 Å². The average molecular weight is 451 g/mol. The van der Waals surface area contributed by atoms with E-state index in [0.717, 1.165) is 19.1 Å². The van der Waals surface area contributed by atoms with E-state index in [9.17, 15) is 8.42 Å². The minimum absolute atomic E-state index is 0. The molecule has 0 amide bonds. The summed E-state index contributed by atoms with van der Waals surface area (Å²) in [5.41, 5.74) is 0. The van der Waals surface area contributed by atoms with E-state index in [4.69, 9.17) is 8.61 Å². The molecular formula is C24H38O4SSi. The lowest BCUT2D eigenvalue weighted by molar-refractivity contribution is 0.209. The summed E-state index contributed by atoms with van der Waals surface area (Å²) in [7, 11) is -5.90. The van der Waals surface area contributed by atoms with Crippen LogP contribution < -0.4 is 10.4 Å². The summed E-state index contributed by atoms with van der Waals surface area (Å²) in [6.07, 6.45) is 3.20. The van der Waals surface area contributed by atoms with Gasteiger partial charge in [-0.3, -0.25) is 4.18 Å². The Morgan fingerprint density at radius 1 is 0.900 bits per heavy atom. The second-order valence-corrected chi connectivity index (χ2v) is 14.5. The first-order chi connectivity index (χ1) is 13.6. The molecule has 0 saturated heterocycles. The van der Waals surface area contributed by atoms with E-state index in [1.54, 1.807) is 6.92 Å². The fourth-order valence-corrected chi connectivity index (χ4v) is 9.17. The number of hydrogen-bond donors (Lipinski definition) is 0. The molecule has 4 nitrogen and oxygen atoms in total. The van der Waals surface area contributed by atoms with Crippen molar-refractivity contribution < 1.29 is 17.0 Å². The van der Waals surface area contributed by atoms with E-state index < -0.39 is 18.4 Å². The standard InChI is InChI=1S/C23H34O4SSi.CH4/c1-20(27-28(5,24)25)14-12-13-19-26-29(23(2,3)4,21-15-8-6-9-16-21)22-17-10-7-11-18-22;/h6-11,15-18,20H,12-14,19H2,1-5H3;1H4/t20-;/m1./s1. The molecule has 0 radical (unpaired) electrons. The van der Waals surface area contributed by atoms with Crippen LogP contribution in [0.5, 0.6) is 0 Å². The predicted octanol–water partition coefficient (Wildman–Crippen LogP) is 4.73. The van der Waals surface area contributed by atoms with Gasteiger partial charge in [0.2, 0.25) is 0 Å². The molecule has 168 valence electrons. The Hall–Kier alpha value is -1.47. The van der Waals surface area contributed by atoms with Crippen LogP contribution in [-0.2, 0) is 18.7 Å². The number of benzene rings is 2. The average Bonchev–Trinajstić information content (AvgIpc) is 2.63. The van der Waals surface area contributed by atoms with Crippen LogP contribution in [0.3, 0.4) is 0 Å². The Kier molecular flexibility index (Phi) is 9.95. The monoisotopic (exact) mass is 450 g/mol. The van der Waals surface area contributed by atoms with Crippen molar-refractivity contribution in [1.82, 2.24) is 0 Å². The second kappa shape index (κ2) is 11.2. The molecule has 0 N–H and O–H groups in total. The van der Waals surface area contributed by atoms with E-state index in [1.165, 1.54) is 10.4 Å². The largest absolute Gasteiger partial charge is 0.407 e. The van der Waals surface area contributed by atoms with Crippen molar-refractivity contribution in [3.63, 3.8) is 0 Å². The van der Waals surface area contributed by atoms with Gasteiger partial charge in [0.25, 0.3) is 18.4 Å². The first kappa shape index (κ1) is 26.6. The highest BCUT2D eigenvalue weighted by molar-refractivity contribution is 7.86. The van der Waals surface area contributed by atoms with Crippen LogP contribution in [0.4, 0.5) is 0 Å². The van der Waals surface area contributed by atoms with Crippen molar-refractivity contribution in [2.24, 2.45) is 0 Å². The molecule has 0 fully saturated rings. The molecule has 0 saturated carbocycles. The van der Waals surface area contributed by atoms with Gasteiger partial charge in [-0.15, -0.1) is 0 Å². The Bertz CT molecular complexity index is 806. The third-order valence-corrected chi connectivity index (χ3v) is 10.8. The van der Waals surface area contributed by atoms with Crippen molar-refractivity contribution >= 4 is 28.8 Å². The topological polar surface area (TPSA) is 52.6 Å². The van der Waals surface area contributed by atoms with Gasteiger partial charge in [0, 0.05) is 6.61 Å². The molecule has 0 aliphatic heterocycles. The summed E-state index contributed by atoms with van der Waals surface area (Å²) in [6.45, 7) is 9.23. The van der Waals surface area contributed by atoms with Gasteiger partial charge >= 0.3 is 0 Å². The van der Waals surface area contributed by atoms with Gasteiger partial charge in [-0.2, -0.15) is 8.42 Å². The molecule has 0 spiro atoms. The van der Waals surface area contributed by atoms with E-state index in [2.05, 4.69) is 69.3 Å². The van der Waals surface area contributed by atoms with Crippen LogP contribution in [0.15, 0.2) is 60.7 Å². The third-order valence-electron chi connectivity index (χ3n) is 5.08. The normalized spacial score (nSPS) is 13.5. The van der Waals surface area contributed by atoms with Gasteiger partial charge in [-0.25, -0.2) is 0 Å². The van der Waals surface area contributed by atoms with Crippen molar-refractivity contribution in [1.29, 1.82) is 0 Å². The summed E-state index contributed by atoms with van der Waals surface area (Å²) in [5, 5.41) is 2.50. The quantitative estimate of drug-likeness (QED) is 0.298. The van der Waals surface area contributed by atoms with Crippen LogP contribution in [0.2, 0.25) is 5.04 Å². The maximum Gasteiger partial charge on any atom is 0.264 e. The van der Waals surface area contributed by atoms with Crippen molar-refractivity contribution in [2.75, 3.05) is 12.9 Å². The highest BCUT2D eigenvalue weighted by Crippen LogP contribution is 2.36. The van der Waals surface area contributed by atoms with E-state index in [-0.39, 0.29) is 18.6 Å². The first-order valence-electron chi connectivity index (χ1n) is 10.2. The number of unbranched alkanes of at least 4 members (excludes halogenated alkanes) is 1. The van der Waals surface area contributed by atoms with Crippen LogP contribution in [0, 0.1) is 0 Å². The summed E-state index contributed by atoms with van der Waals surface area (Å²) in [6, 6.07) is 21.2. The first-order valence-corrected chi connectivity index (χ1v) is 13.9. The van der Waals surface area contributed by atoms with Gasteiger partial charge in [-0.1, -0.05) is 88.9 Å². The van der Waals surface area contributed by atoms with Crippen molar-refractivity contribution in [3.05, 3.63) is 60.7 Å². The molecule has 0 aliphatic carbocycles. The highest BCUT2D eigenvalue weighted by atomic mass is 32.2. The Balaban J connectivity index is 0.00000450. The SMILES string of the molecule is C.C[C@H](CCCCO[Si](c1ccccc1)(c1ccccc1)C(C)(C)C)OS(C)(=O)=O. The number of rotatable bonds is 10. The maximum atomic E-state index is 11.2. The Morgan fingerprint density at radius 3 is 1.77 bits per heavy atom. The van der Waals surface area contributed by atoms with Gasteiger partial charge in [0.1, 0.15) is 0 Å². The summed E-state index contributed by atoms with van der Waals surface area (Å²) in [5.74, 6) is 0. The zero-order valence-corrected chi connectivity index (χ0v) is 20.0. The minimum atomic E-state index is -3.41. The molecule has 0 aromatic heterocycles. The molecule has 0 heterocycles. The zero-order valence-electron chi connectivity index (χ0n) is 18.2. The smallest absolute Gasteiger partial charge is 0.264 e. The van der Waals surface area contributed by atoms with Crippen molar-refractivity contribution in [3.8, 4) is 0 Å². The Morgan fingerprint density at radius 2 is 1.37 bits per heavy atom. The van der Waals surface area contributed by atoms with Gasteiger partial charge in [0.15, 0.2) is 0 Å².